The molecule has 1 aromatic heterocycles. The first-order valence-electron chi connectivity index (χ1n) is 16.0. The molecule has 1 saturated heterocycles. The van der Waals surface area contributed by atoms with E-state index in [0.717, 1.165) is 64.2 Å². The third-order valence-corrected chi connectivity index (χ3v) is 9.91. The fraction of sp³-hybridized carbons (Fsp3) is 0.788. The van der Waals surface area contributed by atoms with Gasteiger partial charge < -0.3 is 24.9 Å². The summed E-state index contributed by atoms with van der Waals surface area (Å²) < 4.78 is 12.0. The van der Waals surface area contributed by atoms with Gasteiger partial charge in [-0.05, 0) is 57.9 Å². The molecule has 0 aromatic carbocycles. The fourth-order valence-electron chi connectivity index (χ4n) is 7.25. The number of hydrogen-bond donors (Lipinski definition) is 3. The lowest BCUT2D eigenvalue weighted by atomic mass is 9.64. The van der Waals surface area contributed by atoms with Crippen LogP contribution in [-0.2, 0) is 19.1 Å². The molecule has 0 bridgehead atoms. The molecule has 4 unspecified atom stereocenters. The number of carboxylic acid groups (broad SMARTS) is 1. The number of ketones is 1. The van der Waals surface area contributed by atoms with E-state index in [9.17, 15) is 19.5 Å². The smallest absolute Gasteiger partial charge is 0.304 e. The van der Waals surface area contributed by atoms with Gasteiger partial charge in [0.2, 0.25) is 5.91 Å². The molecule has 8 heteroatoms. The molecule has 4 atom stereocenters. The number of hydrogen-bond acceptors (Lipinski definition) is 5. The van der Waals surface area contributed by atoms with Gasteiger partial charge in [0.25, 0.3) is 0 Å². The number of aliphatic carboxylic acids is 1. The largest absolute Gasteiger partial charge is 0.481 e. The van der Waals surface area contributed by atoms with E-state index in [2.05, 4.69) is 17.2 Å². The van der Waals surface area contributed by atoms with Crippen molar-refractivity contribution in [3.05, 3.63) is 23.5 Å². The Hall–Kier alpha value is -2.19. The molecule has 0 spiro atoms. The minimum absolute atomic E-state index is 0.0775. The van der Waals surface area contributed by atoms with Gasteiger partial charge in [-0.3, -0.25) is 14.4 Å². The molecule has 2 aliphatic carbocycles. The van der Waals surface area contributed by atoms with E-state index in [1.807, 2.05) is 27.7 Å². The fourth-order valence-corrected chi connectivity index (χ4v) is 7.25. The van der Waals surface area contributed by atoms with Crippen LogP contribution in [0.15, 0.2) is 12.3 Å². The van der Waals surface area contributed by atoms with E-state index in [-0.39, 0.29) is 35.5 Å². The van der Waals surface area contributed by atoms with Gasteiger partial charge in [0.05, 0.1) is 13.0 Å². The number of H-pyrrole nitrogens is 1. The second kappa shape index (κ2) is 13.0. The zero-order chi connectivity index (χ0) is 29.8. The molecule has 230 valence electrons. The van der Waals surface area contributed by atoms with Crippen LogP contribution in [0, 0.1) is 16.7 Å². The number of rotatable bonds is 13. The van der Waals surface area contributed by atoms with Gasteiger partial charge in [-0.2, -0.15) is 0 Å². The van der Waals surface area contributed by atoms with E-state index < -0.39 is 29.2 Å². The highest BCUT2D eigenvalue weighted by molar-refractivity contribution is 6.01. The van der Waals surface area contributed by atoms with E-state index in [4.69, 9.17) is 9.47 Å². The molecule has 1 aromatic rings. The highest BCUT2D eigenvalue weighted by atomic mass is 16.7. The Balaban J connectivity index is 1.57. The Morgan fingerprint density at radius 3 is 2.46 bits per heavy atom. The predicted molar refractivity (Wildman–Crippen MR) is 158 cm³/mol. The molecule has 0 radical (unpaired) electrons. The van der Waals surface area contributed by atoms with Crippen LogP contribution in [0.3, 0.4) is 0 Å². The third kappa shape index (κ3) is 7.24. The van der Waals surface area contributed by atoms with Crippen molar-refractivity contribution in [2.45, 2.75) is 142 Å². The van der Waals surface area contributed by atoms with E-state index in [1.54, 1.807) is 12.3 Å². The van der Waals surface area contributed by atoms with Crippen LogP contribution in [0.4, 0.5) is 0 Å². The molecule has 4 rings (SSSR count). The van der Waals surface area contributed by atoms with Gasteiger partial charge >= 0.3 is 5.97 Å². The van der Waals surface area contributed by atoms with Crippen LogP contribution in [0.25, 0.3) is 0 Å². The summed E-state index contributed by atoms with van der Waals surface area (Å²) in [5.41, 5.74) is 0.308. The minimum atomic E-state index is -0.909. The second-order valence-corrected chi connectivity index (χ2v) is 14.0. The van der Waals surface area contributed by atoms with Crippen molar-refractivity contribution in [3.8, 4) is 0 Å². The molecule has 3 N–H and O–H groups in total. The standard InChI is InChI=1S/C33H52N2O6/c1-6-7-8-11-16-33(17-12-18-33)30(39)35-25-14-10-9-13-22(25)24(20-26(36)37)27-23(15-19-34-27)28(38)29-31(2,3)21-40-32(4,5)41-29/h15,19,22,24-25,29,34H,6-14,16-18,20-21H2,1-5H3,(H,35,39)(H,36,37). The summed E-state index contributed by atoms with van der Waals surface area (Å²) in [6.07, 6.45) is 13.0. The average molecular weight is 573 g/mol. The summed E-state index contributed by atoms with van der Waals surface area (Å²) in [7, 11) is 0. The van der Waals surface area contributed by atoms with Crippen molar-refractivity contribution in [2.24, 2.45) is 16.7 Å². The monoisotopic (exact) mass is 572 g/mol. The van der Waals surface area contributed by atoms with Crippen LogP contribution in [0.1, 0.15) is 140 Å². The minimum Gasteiger partial charge on any atom is -0.481 e. The lowest BCUT2D eigenvalue weighted by Crippen LogP contribution is -2.54. The highest BCUT2D eigenvalue weighted by Crippen LogP contribution is 2.47. The van der Waals surface area contributed by atoms with Gasteiger partial charge in [0, 0.05) is 40.2 Å². The molecule has 2 heterocycles. The number of aromatic nitrogens is 1. The first-order chi connectivity index (χ1) is 19.4. The second-order valence-electron chi connectivity index (χ2n) is 14.0. The van der Waals surface area contributed by atoms with Gasteiger partial charge in [-0.1, -0.05) is 65.7 Å². The highest BCUT2D eigenvalue weighted by Gasteiger charge is 2.48. The average Bonchev–Trinajstić information content (AvgIpc) is 3.38. The van der Waals surface area contributed by atoms with Crippen LogP contribution < -0.4 is 5.32 Å². The normalized spacial score (nSPS) is 27.4. The number of Topliss-reactive ketones (excluding diaryl/α,β-unsaturated/α-hetero) is 1. The molecule has 1 amide bonds. The summed E-state index contributed by atoms with van der Waals surface area (Å²) in [5, 5.41) is 13.4. The lowest BCUT2D eigenvalue weighted by Gasteiger charge is -2.45. The number of carboxylic acids is 1. The molecule has 8 nitrogen and oxygen atoms in total. The zero-order valence-electron chi connectivity index (χ0n) is 25.9. The van der Waals surface area contributed by atoms with Crippen LogP contribution in [0.2, 0.25) is 0 Å². The van der Waals surface area contributed by atoms with Crippen molar-refractivity contribution in [1.29, 1.82) is 0 Å². The van der Waals surface area contributed by atoms with Gasteiger partial charge in [-0.15, -0.1) is 0 Å². The van der Waals surface area contributed by atoms with Crippen LogP contribution in [0.5, 0.6) is 0 Å². The van der Waals surface area contributed by atoms with Gasteiger partial charge in [-0.25, -0.2) is 0 Å². The van der Waals surface area contributed by atoms with E-state index in [1.165, 1.54) is 12.8 Å². The van der Waals surface area contributed by atoms with Crippen molar-refractivity contribution < 1.29 is 29.0 Å². The Bertz CT molecular complexity index is 1070. The number of unbranched alkanes of at least 4 members (excludes halogenated alkanes) is 3. The number of carbonyl (C=O) groups excluding carboxylic acids is 2. The molecular formula is C33H52N2O6. The van der Waals surface area contributed by atoms with Gasteiger partial charge in [0.15, 0.2) is 11.6 Å². The predicted octanol–water partition coefficient (Wildman–Crippen LogP) is 6.75. The number of amides is 1. The summed E-state index contributed by atoms with van der Waals surface area (Å²) >= 11 is 0. The maximum absolute atomic E-state index is 14.0. The third-order valence-electron chi connectivity index (χ3n) is 9.91. The Kier molecular flexibility index (Phi) is 10.1. The van der Waals surface area contributed by atoms with Crippen molar-refractivity contribution >= 4 is 17.7 Å². The molecule has 3 fully saturated rings. The summed E-state index contributed by atoms with van der Waals surface area (Å²) in [6.45, 7) is 10.1. The van der Waals surface area contributed by atoms with Crippen molar-refractivity contribution in [3.63, 3.8) is 0 Å². The number of nitrogens with one attached hydrogen (secondary N) is 2. The Morgan fingerprint density at radius 2 is 1.80 bits per heavy atom. The number of ether oxygens (including phenoxy) is 2. The first-order valence-corrected chi connectivity index (χ1v) is 16.0. The maximum Gasteiger partial charge on any atom is 0.304 e. The van der Waals surface area contributed by atoms with E-state index in [0.29, 0.717) is 17.9 Å². The van der Waals surface area contributed by atoms with Crippen LogP contribution >= 0.6 is 0 Å². The maximum atomic E-state index is 14.0. The molecule has 41 heavy (non-hydrogen) atoms. The Labute approximate surface area is 245 Å². The van der Waals surface area contributed by atoms with Gasteiger partial charge in [0.1, 0.15) is 6.10 Å². The molecule has 2 saturated carbocycles. The summed E-state index contributed by atoms with van der Waals surface area (Å²) in [4.78, 5) is 43.2. The molecule has 1 aliphatic heterocycles. The SMILES string of the molecule is CCCCCCC1(C(=O)NC2CCCCC2C(CC(=O)O)c2[nH]ccc2C(=O)C2OC(C)(C)OCC2(C)C)CCC1. The molecular weight excluding hydrogens is 520 g/mol. The van der Waals surface area contributed by atoms with Crippen molar-refractivity contribution in [2.75, 3.05) is 6.61 Å². The number of aromatic amines is 1. The number of carbonyl (C=O) groups is 3. The van der Waals surface area contributed by atoms with Crippen LogP contribution in [-0.4, -0.2) is 52.3 Å². The zero-order valence-corrected chi connectivity index (χ0v) is 25.9. The first kappa shape index (κ1) is 31.7. The molecule has 3 aliphatic rings. The quantitative estimate of drug-likeness (QED) is 0.178. The van der Waals surface area contributed by atoms with Crippen molar-refractivity contribution in [1.82, 2.24) is 10.3 Å². The lowest BCUT2D eigenvalue weighted by molar-refractivity contribution is -0.298. The summed E-state index contributed by atoms with van der Waals surface area (Å²) in [5.74, 6) is -2.31. The topological polar surface area (TPSA) is 118 Å². The Morgan fingerprint density at radius 1 is 1.07 bits per heavy atom. The summed E-state index contributed by atoms with van der Waals surface area (Å²) in [6, 6.07) is 1.64. The van der Waals surface area contributed by atoms with E-state index >= 15 is 0 Å².